The molecule has 4 unspecified atom stereocenters. The zero-order valence-corrected chi connectivity index (χ0v) is 6.01. The van der Waals surface area contributed by atoms with E-state index < -0.39 is 0 Å². The molecular weight excluding hydrogens is 108 g/mol. The molecular formula is C9H14. The van der Waals surface area contributed by atoms with E-state index in [9.17, 15) is 0 Å². The lowest BCUT2D eigenvalue weighted by Gasteiger charge is -2.53. The minimum absolute atomic E-state index is 1.10. The fourth-order valence-electron chi connectivity index (χ4n) is 3.67. The maximum atomic E-state index is 2.46. The average molecular weight is 122 g/mol. The van der Waals surface area contributed by atoms with Crippen LogP contribution in [0.1, 0.15) is 26.2 Å². The van der Waals surface area contributed by atoms with E-state index >= 15 is 0 Å². The number of hydrogen-bond donors (Lipinski definition) is 0. The van der Waals surface area contributed by atoms with E-state index in [1.165, 1.54) is 23.7 Å². The Bertz CT molecular complexity index is 146. The first-order valence-electron chi connectivity index (χ1n) is 4.36. The lowest BCUT2D eigenvalue weighted by Crippen LogP contribution is -2.46. The van der Waals surface area contributed by atoms with Crippen LogP contribution >= 0.6 is 0 Å². The molecule has 3 aliphatic carbocycles. The second-order valence-electron chi connectivity index (χ2n) is 4.45. The highest BCUT2D eigenvalue weighted by molar-refractivity contribution is 5.08. The highest BCUT2D eigenvalue weighted by Gasteiger charge is 2.59. The lowest BCUT2D eigenvalue weighted by molar-refractivity contribution is -0.0469. The van der Waals surface area contributed by atoms with Crippen LogP contribution in [-0.2, 0) is 0 Å². The van der Waals surface area contributed by atoms with E-state index in [1.54, 1.807) is 19.3 Å². The first-order chi connectivity index (χ1) is 4.36. The molecule has 0 aliphatic heterocycles. The zero-order valence-electron chi connectivity index (χ0n) is 6.01. The van der Waals surface area contributed by atoms with E-state index in [4.69, 9.17) is 0 Å². The van der Waals surface area contributed by atoms with Crippen LogP contribution in [-0.4, -0.2) is 0 Å². The summed E-state index contributed by atoms with van der Waals surface area (Å²) in [5.41, 5.74) is 0. The summed E-state index contributed by atoms with van der Waals surface area (Å²) in [6, 6.07) is 0. The minimum atomic E-state index is 1.10. The van der Waals surface area contributed by atoms with Crippen LogP contribution < -0.4 is 0 Å². The number of rotatable bonds is 0. The van der Waals surface area contributed by atoms with Crippen molar-refractivity contribution in [1.82, 2.24) is 0 Å². The smallest absolute Gasteiger partial charge is 0.0326 e. The molecule has 0 spiro atoms. The minimum Gasteiger partial charge on any atom is -0.0622 e. The van der Waals surface area contributed by atoms with Crippen LogP contribution in [0.25, 0.3) is 0 Å². The maximum absolute atomic E-state index is 2.46. The van der Waals surface area contributed by atoms with Crippen LogP contribution in [0.3, 0.4) is 0 Å². The van der Waals surface area contributed by atoms with Gasteiger partial charge in [-0.25, -0.2) is 0 Å². The van der Waals surface area contributed by atoms with Gasteiger partial charge >= 0.3 is 0 Å². The largest absolute Gasteiger partial charge is 0.0622 e. The van der Waals surface area contributed by atoms with Crippen molar-refractivity contribution in [2.45, 2.75) is 26.2 Å². The Morgan fingerprint density at radius 3 is 2.33 bits per heavy atom. The molecule has 3 fully saturated rings. The van der Waals surface area contributed by atoms with Gasteiger partial charge in [-0.15, -0.1) is 0 Å². The molecule has 50 valence electrons. The van der Waals surface area contributed by atoms with Gasteiger partial charge < -0.3 is 0 Å². The van der Waals surface area contributed by atoms with Gasteiger partial charge in [0.25, 0.3) is 0 Å². The highest BCUT2D eigenvalue weighted by atomic mass is 14.6. The molecule has 0 bridgehead atoms. The highest BCUT2D eigenvalue weighted by Crippen LogP contribution is 2.67. The number of hydrogen-bond acceptors (Lipinski definition) is 0. The third-order valence-electron chi connectivity index (χ3n) is 4.17. The maximum Gasteiger partial charge on any atom is -0.0326 e. The summed E-state index contributed by atoms with van der Waals surface area (Å²) in [7, 11) is 0. The van der Waals surface area contributed by atoms with E-state index in [0.717, 1.165) is 5.92 Å². The molecule has 0 nitrogen and oxygen atoms in total. The lowest BCUT2D eigenvalue weighted by atomic mass is 9.51. The van der Waals surface area contributed by atoms with Gasteiger partial charge in [0, 0.05) is 0 Å². The fraction of sp³-hybridized carbons (Fsp3) is 1.00. The topological polar surface area (TPSA) is 0 Å². The Balaban J connectivity index is 1.93. The predicted octanol–water partition coefficient (Wildman–Crippen LogP) is 2.30. The monoisotopic (exact) mass is 122 g/mol. The third-order valence-corrected chi connectivity index (χ3v) is 4.17. The second kappa shape index (κ2) is 1.21. The Morgan fingerprint density at radius 1 is 1.00 bits per heavy atom. The fourth-order valence-corrected chi connectivity index (χ4v) is 3.67. The first kappa shape index (κ1) is 4.76. The molecule has 0 amide bonds. The van der Waals surface area contributed by atoms with Crippen LogP contribution in [0.2, 0.25) is 0 Å². The molecule has 3 aliphatic rings. The summed E-state index contributed by atoms with van der Waals surface area (Å²) in [5, 5.41) is 0. The Morgan fingerprint density at radius 2 is 1.78 bits per heavy atom. The van der Waals surface area contributed by atoms with Crippen molar-refractivity contribution in [3.8, 4) is 0 Å². The molecule has 0 heterocycles. The van der Waals surface area contributed by atoms with Gasteiger partial charge in [0.1, 0.15) is 0 Å². The molecule has 0 N–H and O–H groups in total. The average Bonchev–Trinajstić information content (AvgIpc) is 2.01. The van der Waals surface area contributed by atoms with Crippen molar-refractivity contribution in [2.75, 3.05) is 0 Å². The van der Waals surface area contributed by atoms with Gasteiger partial charge in [0.15, 0.2) is 0 Å². The third kappa shape index (κ3) is 0.367. The molecule has 0 aromatic heterocycles. The van der Waals surface area contributed by atoms with Crippen LogP contribution in [0, 0.1) is 29.6 Å². The van der Waals surface area contributed by atoms with Gasteiger partial charge in [-0.3, -0.25) is 0 Å². The summed E-state index contributed by atoms with van der Waals surface area (Å²) in [6.45, 7) is 2.46. The molecule has 0 aromatic rings. The van der Waals surface area contributed by atoms with E-state index in [-0.39, 0.29) is 0 Å². The standard InChI is InChI=1S/C9H14/c1-5-2-6-3-7-4-8(5)9(6)7/h5-9H,2-4H2,1H3/t5-,6?,7?,8?,9?/m1/s1. The molecule has 0 heteroatoms. The van der Waals surface area contributed by atoms with E-state index in [1.807, 2.05) is 0 Å². The van der Waals surface area contributed by atoms with Crippen molar-refractivity contribution < 1.29 is 0 Å². The molecule has 0 saturated heterocycles. The first-order valence-corrected chi connectivity index (χ1v) is 4.36. The molecule has 9 heavy (non-hydrogen) atoms. The summed E-state index contributed by atoms with van der Waals surface area (Å²) in [6.07, 6.45) is 4.78. The summed E-state index contributed by atoms with van der Waals surface area (Å²) < 4.78 is 0. The molecule has 0 radical (unpaired) electrons. The van der Waals surface area contributed by atoms with E-state index in [2.05, 4.69) is 6.92 Å². The van der Waals surface area contributed by atoms with E-state index in [0.29, 0.717) is 0 Å². The molecule has 5 atom stereocenters. The van der Waals surface area contributed by atoms with Gasteiger partial charge in [-0.05, 0) is 48.9 Å². The normalized spacial score (nSPS) is 68.3. The van der Waals surface area contributed by atoms with Crippen LogP contribution in [0.4, 0.5) is 0 Å². The molecule has 0 aromatic carbocycles. The quantitative estimate of drug-likeness (QED) is 0.462. The predicted molar refractivity (Wildman–Crippen MR) is 37.0 cm³/mol. The van der Waals surface area contributed by atoms with Gasteiger partial charge in [-0.2, -0.15) is 0 Å². The summed E-state index contributed by atoms with van der Waals surface area (Å²) in [4.78, 5) is 0. The van der Waals surface area contributed by atoms with Gasteiger partial charge in [0.2, 0.25) is 0 Å². The van der Waals surface area contributed by atoms with Crippen molar-refractivity contribution in [1.29, 1.82) is 0 Å². The molecule has 3 saturated carbocycles. The van der Waals surface area contributed by atoms with Crippen molar-refractivity contribution >= 4 is 0 Å². The Hall–Kier alpha value is 0. The Kier molecular flexibility index (Phi) is 0.640. The van der Waals surface area contributed by atoms with Crippen molar-refractivity contribution in [3.63, 3.8) is 0 Å². The van der Waals surface area contributed by atoms with Crippen LogP contribution in [0.5, 0.6) is 0 Å². The summed E-state index contributed by atoms with van der Waals surface area (Å²) in [5.74, 6) is 5.93. The zero-order chi connectivity index (χ0) is 6.01. The van der Waals surface area contributed by atoms with Gasteiger partial charge in [0.05, 0.1) is 0 Å². The van der Waals surface area contributed by atoms with Crippen molar-refractivity contribution in [3.05, 3.63) is 0 Å². The van der Waals surface area contributed by atoms with Crippen molar-refractivity contribution in [2.24, 2.45) is 29.6 Å². The molecule has 3 rings (SSSR count). The Labute approximate surface area is 56.6 Å². The SMILES string of the molecule is C[C@@H]1CC2CC3CC1C32. The van der Waals surface area contributed by atoms with Crippen LogP contribution in [0.15, 0.2) is 0 Å². The second-order valence-corrected chi connectivity index (χ2v) is 4.45. The van der Waals surface area contributed by atoms with Gasteiger partial charge in [-0.1, -0.05) is 6.92 Å². The summed E-state index contributed by atoms with van der Waals surface area (Å²) >= 11 is 0.